The van der Waals surface area contributed by atoms with Gasteiger partial charge in [-0.3, -0.25) is 9.20 Å². The Balaban J connectivity index is 2.18. The second-order valence-corrected chi connectivity index (χ2v) is 5.44. The van der Waals surface area contributed by atoms with Crippen LogP contribution in [0.3, 0.4) is 0 Å². The van der Waals surface area contributed by atoms with Gasteiger partial charge in [0.05, 0.1) is 6.54 Å². The maximum absolute atomic E-state index is 11.9. The molecule has 0 saturated heterocycles. The van der Waals surface area contributed by atoms with Crippen molar-refractivity contribution in [2.75, 3.05) is 7.05 Å². The molecule has 0 saturated carbocycles. The van der Waals surface area contributed by atoms with Gasteiger partial charge in [-0.25, -0.2) is 4.79 Å². The van der Waals surface area contributed by atoms with Crippen LogP contribution in [-0.4, -0.2) is 43.2 Å². The van der Waals surface area contributed by atoms with Crippen molar-refractivity contribution in [1.82, 2.24) is 24.5 Å². The Bertz CT molecular complexity index is 682. The Hall–Kier alpha value is -2.38. The minimum absolute atomic E-state index is 0.194. The van der Waals surface area contributed by atoms with E-state index in [0.717, 1.165) is 0 Å². The summed E-state index contributed by atoms with van der Waals surface area (Å²) < 4.78 is 6.79. The lowest BCUT2D eigenvalue weighted by atomic mass is 10.2. The van der Waals surface area contributed by atoms with Gasteiger partial charge in [0.25, 0.3) is 5.56 Å². The van der Waals surface area contributed by atoms with Crippen LogP contribution in [0, 0.1) is 0 Å². The highest BCUT2D eigenvalue weighted by Gasteiger charge is 2.21. The Morgan fingerprint density at radius 2 is 2.15 bits per heavy atom. The molecule has 0 aliphatic rings. The van der Waals surface area contributed by atoms with Gasteiger partial charge < -0.3 is 14.6 Å². The minimum atomic E-state index is -0.560. The Labute approximate surface area is 115 Å². The van der Waals surface area contributed by atoms with Crippen molar-refractivity contribution in [3.05, 3.63) is 28.6 Å². The number of amides is 1. The molecule has 0 radical (unpaired) electrons. The van der Waals surface area contributed by atoms with Crippen molar-refractivity contribution in [2.24, 2.45) is 0 Å². The molecule has 2 aromatic rings. The SMILES string of the molecule is CN(Cc1nnc2c(=O)[nH]ccn12)C(=O)OC(C)(C)C. The molecule has 0 fully saturated rings. The van der Waals surface area contributed by atoms with Gasteiger partial charge in [-0.2, -0.15) is 0 Å². The third-order valence-electron chi connectivity index (χ3n) is 2.49. The van der Waals surface area contributed by atoms with Gasteiger partial charge in [0.1, 0.15) is 5.60 Å². The Morgan fingerprint density at radius 3 is 2.80 bits per heavy atom. The van der Waals surface area contributed by atoms with Crippen molar-refractivity contribution in [2.45, 2.75) is 32.9 Å². The number of carbonyl (C=O) groups is 1. The Kier molecular flexibility index (Phi) is 3.47. The molecule has 0 atom stereocenters. The first-order valence-electron chi connectivity index (χ1n) is 6.13. The molecule has 1 amide bonds. The summed E-state index contributed by atoms with van der Waals surface area (Å²) in [5.74, 6) is 0.486. The van der Waals surface area contributed by atoms with Gasteiger partial charge >= 0.3 is 6.09 Å². The molecule has 0 aliphatic carbocycles. The Morgan fingerprint density at radius 1 is 1.45 bits per heavy atom. The van der Waals surface area contributed by atoms with Crippen molar-refractivity contribution >= 4 is 11.7 Å². The quantitative estimate of drug-likeness (QED) is 0.877. The molecule has 8 heteroatoms. The van der Waals surface area contributed by atoms with Crippen LogP contribution in [0.2, 0.25) is 0 Å². The first kappa shape index (κ1) is 14.0. The summed E-state index contributed by atoms with van der Waals surface area (Å²) in [4.78, 5) is 27.3. The van der Waals surface area contributed by atoms with Crippen LogP contribution >= 0.6 is 0 Å². The lowest BCUT2D eigenvalue weighted by Crippen LogP contribution is -2.34. The second kappa shape index (κ2) is 4.95. The van der Waals surface area contributed by atoms with Crippen molar-refractivity contribution in [3.63, 3.8) is 0 Å². The number of rotatable bonds is 2. The van der Waals surface area contributed by atoms with E-state index in [1.165, 1.54) is 11.1 Å². The number of carbonyl (C=O) groups excluding carboxylic acids is 1. The van der Waals surface area contributed by atoms with Crippen LogP contribution in [-0.2, 0) is 11.3 Å². The van der Waals surface area contributed by atoms with Crippen LogP contribution in [0.15, 0.2) is 17.2 Å². The van der Waals surface area contributed by atoms with E-state index in [2.05, 4.69) is 15.2 Å². The highest BCUT2D eigenvalue weighted by Crippen LogP contribution is 2.10. The number of H-pyrrole nitrogens is 1. The number of fused-ring (bicyclic) bond motifs is 1. The fraction of sp³-hybridized carbons (Fsp3) is 0.500. The third kappa shape index (κ3) is 2.95. The summed E-state index contributed by atoms with van der Waals surface area (Å²) in [7, 11) is 1.60. The summed E-state index contributed by atoms with van der Waals surface area (Å²) >= 11 is 0. The maximum atomic E-state index is 11.9. The van der Waals surface area contributed by atoms with Crippen molar-refractivity contribution in [3.8, 4) is 0 Å². The van der Waals surface area contributed by atoms with Crippen LogP contribution < -0.4 is 5.56 Å². The average molecular weight is 279 g/mol. The lowest BCUT2D eigenvalue weighted by molar-refractivity contribution is 0.0280. The normalized spacial score (nSPS) is 11.6. The zero-order chi connectivity index (χ0) is 14.9. The molecule has 8 nitrogen and oxygen atoms in total. The molecule has 2 heterocycles. The van der Waals surface area contributed by atoms with Gasteiger partial charge in [-0.15, -0.1) is 10.2 Å². The van der Waals surface area contributed by atoms with Crippen LogP contribution in [0.5, 0.6) is 0 Å². The van der Waals surface area contributed by atoms with Crippen LogP contribution in [0.1, 0.15) is 26.6 Å². The van der Waals surface area contributed by atoms with E-state index in [-0.39, 0.29) is 17.8 Å². The van der Waals surface area contributed by atoms with Gasteiger partial charge in [0, 0.05) is 19.4 Å². The molecular weight excluding hydrogens is 262 g/mol. The number of nitrogens with one attached hydrogen (secondary N) is 1. The van der Waals surface area contributed by atoms with Gasteiger partial charge in [0.2, 0.25) is 5.65 Å². The fourth-order valence-electron chi connectivity index (χ4n) is 1.61. The van der Waals surface area contributed by atoms with Crippen LogP contribution in [0.25, 0.3) is 5.65 Å². The topological polar surface area (TPSA) is 92.6 Å². The molecule has 2 aromatic heterocycles. The van der Waals surface area contributed by atoms with Gasteiger partial charge in [-0.05, 0) is 20.8 Å². The molecule has 20 heavy (non-hydrogen) atoms. The van der Waals surface area contributed by atoms with E-state index in [4.69, 9.17) is 4.74 Å². The van der Waals surface area contributed by atoms with Crippen molar-refractivity contribution < 1.29 is 9.53 Å². The number of nitrogens with zero attached hydrogens (tertiary/aromatic N) is 4. The first-order valence-corrected chi connectivity index (χ1v) is 6.13. The minimum Gasteiger partial charge on any atom is -0.444 e. The average Bonchev–Trinajstić information content (AvgIpc) is 2.72. The zero-order valence-corrected chi connectivity index (χ0v) is 11.9. The zero-order valence-electron chi connectivity index (χ0n) is 11.9. The van der Waals surface area contributed by atoms with E-state index in [9.17, 15) is 9.59 Å². The second-order valence-electron chi connectivity index (χ2n) is 5.44. The molecule has 0 unspecified atom stereocenters. The molecular formula is C12H17N5O3. The molecule has 1 N–H and O–H groups in total. The summed E-state index contributed by atoms with van der Waals surface area (Å²) in [5, 5.41) is 7.71. The van der Waals surface area contributed by atoms with Gasteiger partial charge in [0.15, 0.2) is 5.82 Å². The molecule has 0 aromatic carbocycles. The summed E-state index contributed by atoms with van der Waals surface area (Å²) in [6.07, 6.45) is 2.67. The molecule has 108 valence electrons. The van der Waals surface area contributed by atoms with E-state index in [1.54, 1.807) is 38.4 Å². The lowest BCUT2D eigenvalue weighted by Gasteiger charge is -2.24. The van der Waals surface area contributed by atoms with Crippen LogP contribution in [0.4, 0.5) is 4.79 Å². The molecule has 0 bridgehead atoms. The highest BCUT2D eigenvalue weighted by molar-refractivity contribution is 5.67. The van der Waals surface area contributed by atoms with E-state index in [1.807, 2.05) is 0 Å². The van der Waals surface area contributed by atoms with Gasteiger partial charge in [-0.1, -0.05) is 0 Å². The van der Waals surface area contributed by atoms with E-state index in [0.29, 0.717) is 5.82 Å². The van der Waals surface area contributed by atoms with E-state index < -0.39 is 11.7 Å². The largest absolute Gasteiger partial charge is 0.444 e. The number of ether oxygens (including phenoxy) is 1. The number of hydrogen-bond acceptors (Lipinski definition) is 5. The fourth-order valence-corrected chi connectivity index (χ4v) is 1.61. The summed E-state index contributed by atoms with van der Waals surface area (Å²) in [6.45, 7) is 5.58. The number of hydrogen-bond donors (Lipinski definition) is 1. The first-order chi connectivity index (χ1) is 9.28. The molecule has 0 spiro atoms. The van der Waals surface area contributed by atoms with E-state index >= 15 is 0 Å². The molecule has 0 aliphatic heterocycles. The molecule has 2 rings (SSSR count). The summed E-state index contributed by atoms with van der Waals surface area (Å²) in [6, 6.07) is 0. The predicted molar refractivity (Wildman–Crippen MR) is 71.3 cm³/mol. The standard InChI is InChI=1S/C12H17N5O3/c1-12(2,3)20-11(19)16(4)7-8-14-15-9-10(18)13-5-6-17(8)9/h5-6H,7H2,1-4H3,(H,13,18). The number of aromatic nitrogens is 4. The number of aromatic amines is 1. The van der Waals surface area contributed by atoms with Crippen molar-refractivity contribution in [1.29, 1.82) is 0 Å². The summed E-state index contributed by atoms with van der Waals surface area (Å²) in [5.41, 5.74) is -0.693. The third-order valence-corrected chi connectivity index (χ3v) is 2.49. The maximum Gasteiger partial charge on any atom is 0.410 e. The monoisotopic (exact) mass is 279 g/mol. The predicted octanol–water partition coefficient (Wildman–Crippen LogP) is 0.784. The highest BCUT2D eigenvalue weighted by atomic mass is 16.6. The smallest absolute Gasteiger partial charge is 0.410 e.